The summed E-state index contributed by atoms with van der Waals surface area (Å²) in [5.41, 5.74) is 1.71. The first-order valence-electron chi connectivity index (χ1n) is 7.41. The van der Waals surface area contributed by atoms with E-state index in [0.29, 0.717) is 11.7 Å². The summed E-state index contributed by atoms with van der Waals surface area (Å²) in [5.74, 6) is -0.119. The van der Waals surface area contributed by atoms with Crippen molar-refractivity contribution < 1.29 is 4.39 Å². The fourth-order valence-electron chi connectivity index (χ4n) is 2.82. The number of anilines is 1. The number of nitrogens with zero attached hydrogens (tertiary/aromatic N) is 2. The van der Waals surface area contributed by atoms with Gasteiger partial charge in [0.1, 0.15) is 5.82 Å². The summed E-state index contributed by atoms with van der Waals surface area (Å²) in [4.78, 5) is 4.44. The molecule has 2 rings (SSSR count). The van der Waals surface area contributed by atoms with E-state index in [1.165, 1.54) is 0 Å². The minimum Gasteiger partial charge on any atom is -0.369 e. The predicted molar refractivity (Wildman–Crippen MR) is 82.8 cm³/mol. The predicted octanol–water partition coefficient (Wildman–Crippen LogP) is 2.64. The Balaban J connectivity index is 2.12. The summed E-state index contributed by atoms with van der Waals surface area (Å²) in [6.07, 6.45) is 2.20. The molecule has 1 aliphatic rings. The zero-order chi connectivity index (χ0) is 14.7. The van der Waals surface area contributed by atoms with Crippen LogP contribution in [0.1, 0.15) is 31.4 Å². The van der Waals surface area contributed by atoms with Gasteiger partial charge in [0, 0.05) is 19.1 Å². The number of likely N-dealkylation sites (tertiary alicyclic amines) is 1. The van der Waals surface area contributed by atoms with Crippen molar-refractivity contribution in [2.24, 2.45) is 0 Å². The lowest BCUT2D eigenvalue weighted by Gasteiger charge is -2.36. The zero-order valence-electron chi connectivity index (χ0n) is 13.0. The van der Waals surface area contributed by atoms with Gasteiger partial charge < -0.3 is 15.1 Å². The number of rotatable bonds is 4. The van der Waals surface area contributed by atoms with Crippen molar-refractivity contribution >= 4 is 5.69 Å². The molecule has 20 heavy (non-hydrogen) atoms. The molecule has 0 aliphatic carbocycles. The molecule has 1 unspecified atom stereocenters. The highest BCUT2D eigenvalue weighted by Crippen LogP contribution is 2.26. The van der Waals surface area contributed by atoms with Gasteiger partial charge in [0.05, 0.1) is 5.69 Å². The molecule has 1 aromatic carbocycles. The molecular weight excluding hydrogens is 253 g/mol. The molecule has 112 valence electrons. The van der Waals surface area contributed by atoms with Gasteiger partial charge in [-0.25, -0.2) is 4.39 Å². The Kier molecular flexibility index (Phi) is 5.00. The highest BCUT2D eigenvalue weighted by molar-refractivity contribution is 5.50. The van der Waals surface area contributed by atoms with E-state index in [2.05, 4.69) is 22.2 Å². The third-order valence-corrected chi connectivity index (χ3v) is 4.52. The quantitative estimate of drug-likeness (QED) is 0.914. The molecule has 1 heterocycles. The van der Waals surface area contributed by atoms with Gasteiger partial charge in [0.15, 0.2) is 0 Å². The molecule has 0 radical (unpaired) electrons. The molecule has 0 amide bonds. The monoisotopic (exact) mass is 279 g/mol. The van der Waals surface area contributed by atoms with Gasteiger partial charge in [-0.15, -0.1) is 0 Å². The van der Waals surface area contributed by atoms with Crippen LogP contribution in [0.25, 0.3) is 0 Å². The van der Waals surface area contributed by atoms with Crippen molar-refractivity contribution in [1.82, 2.24) is 10.2 Å². The third-order valence-electron chi connectivity index (χ3n) is 4.52. The molecule has 1 atom stereocenters. The Morgan fingerprint density at radius 2 is 2.00 bits per heavy atom. The number of halogens is 1. The van der Waals surface area contributed by atoms with E-state index in [-0.39, 0.29) is 11.9 Å². The average Bonchev–Trinajstić information content (AvgIpc) is 2.46. The molecule has 0 aromatic heterocycles. The van der Waals surface area contributed by atoms with Gasteiger partial charge in [-0.2, -0.15) is 0 Å². The Hall–Kier alpha value is -1.13. The number of hydrogen-bond donors (Lipinski definition) is 1. The second-order valence-corrected chi connectivity index (χ2v) is 5.87. The third kappa shape index (κ3) is 3.30. The lowest BCUT2D eigenvalue weighted by atomic mass is 10.0. The standard InChI is InChI=1S/C16H26FN3/c1-12(18-2)13-5-6-16(15(17)11-13)20(4)14-7-9-19(3)10-8-14/h5-6,11-12,14,18H,7-10H2,1-4H3. The van der Waals surface area contributed by atoms with Crippen LogP contribution in [0.5, 0.6) is 0 Å². The molecule has 0 bridgehead atoms. The van der Waals surface area contributed by atoms with E-state index in [1.807, 2.05) is 33.2 Å². The lowest BCUT2D eigenvalue weighted by Crippen LogP contribution is -2.42. The fourth-order valence-corrected chi connectivity index (χ4v) is 2.82. The first kappa shape index (κ1) is 15.3. The molecule has 3 nitrogen and oxygen atoms in total. The van der Waals surface area contributed by atoms with Crippen molar-refractivity contribution in [2.75, 3.05) is 39.1 Å². The van der Waals surface area contributed by atoms with Crippen LogP contribution in [-0.2, 0) is 0 Å². The second-order valence-electron chi connectivity index (χ2n) is 5.87. The topological polar surface area (TPSA) is 18.5 Å². The molecule has 1 fully saturated rings. The van der Waals surface area contributed by atoms with Crippen molar-refractivity contribution in [1.29, 1.82) is 0 Å². The van der Waals surface area contributed by atoms with Crippen molar-refractivity contribution in [3.8, 4) is 0 Å². The Morgan fingerprint density at radius 1 is 1.35 bits per heavy atom. The summed E-state index contributed by atoms with van der Waals surface area (Å²) in [7, 11) is 6.04. The maximum Gasteiger partial charge on any atom is 0.146 e. The van der Waals surface area contributed by atoms with E-state index in [1.54, 1.807) is 6.07 Å². The lowest BCUT2D eigenvalue weighted by molar-refractivity contribution is 0.252. The molecule has 4 heteroatoms. The van der Waals surface area contributed by atoms with Gasteiger partial charge >= 0.3 is 0 Å². The SMILES string of the molecule is CNC(C)c1ccc(N(C)C2CCN(C)CC2)c(F)c1. The summed E-state index contributed by atoms with van der Waals surface area (Å²) in [5, 5.41) is 3.14. The number of benzene rings is 1. The van der Waals surface area contributed by atoms with Gasteiger partial charge in [0.25, 0.3) is 0 Å². The minimum absolute atomic E-state index is 0.119. The summed E-state index contributed by atoms with van der Waals surface area (Å²) < 4.78 is 14.3. The maximum absolute atomic E-state index is 14.3. The maximum atomic E-state index is 14.3. The molecule has 1 saturated heterocycles. The summed E-state index contributed by atoms with van der Waals surface area (Å²) in [6.45, 7) is 4.21. The van der Waals surface area contributed by atoms with E-state index in [9.17, 15) is 4.39 Å². The number of hydrogen-bond acceptors (Lipinski definition) is 3. The van der Waals surface area contributed by atoms with Gasteiger partial charge in [-0.1, -0.05) is 6.07 Å². The Morgan fingerprint density at radius 3 is 2.55 bits per heavy atom. The second kappa shape index (κ2) is 6.55. The number of piperidine rings is 1. The van der Waals surface area contributed by atoms with Gasteiger partial charge in [-0.3, -0.25) is 0 Å². The molecule has 0 spiro atoms. The first-order chi connectivity index (χ1) is 9.52. The van der Waals surface area contributed by atoms with Crippen LogP contribution >= 0.6 is 0 Å². The van der Waals surface area contributed by atoms with Crippen molar-refractivity contribution in [2.45, 2.75) is 31.8 Å². The van der Waals surface area contributed by atoms with Crippen LogP contribution in [0, 0.1) is 5.82 Å². The van der Waals surface area contributed by atoms with Gasteiger partial charge in [0.2, 0.25) is 0 Å². The molecule has 1 aliphatic heterocycles. The Labute approximate surface area is 121 Å². The van der Waals surface area contributed by atoms with Crippen LogP contribution in [0.2, 0.25) is 0 Å². The van der Waals surface area contributed by atoms with E-state index < -0.39 is 0 Å². The first-order valence-corrected chi connectivity index (χ1v) is 7.41. The number of nitrogens with one attached hydrogen (secondary N) is 1. The smallest absolute Gasteiger partial charge is 0.146 e. The highest BCUT2D eigenvalue weighted by Gasteiger charge is 2.22. The highest BCUT2D eigenvalue weighted by atomic mass is 19.1. The summed E-state index contributed by atoms with van der Waals surface area (Å²) >= 11 is 0. The van der Waals surface area contributed by atoms with Crippen LogP contribution in [0.3, 0.4) is 0 Å². The zero-order valence-corrected chi connectivity index (χ0v) is 13.0. The summed E-state index contributed by atoms with van der Waals surface area (Å²) in [6, 6.07) is 6.20. The fraction of sp³-hybridized carbons (Fsp3) is 0.625. The Bertz CT molecular complexity index is 441. The van der Waals surface area contributed by atoms with Crippen LogP contribution in [0.4, 0.5) is 10.1 Å². The van der Waals surface area contributed by atoms with Crippen LogP contribution in [-0.4, -0.2) is 45.2 Å². The molecular formula is C16H26FN3. The normalized spacial score (nSPS) is 19.1. The average molecular weight is 279 g/mol. The molecule has 1 N–H and O–H groups in total. The van der Waals surface area contributed by atoms with Crippen molar-refractivity contribution in [3.63, 3.8) is 0 Å². The van der Waals surface area contributed by atoms with Gasteiger partial charge in [-0.05, 0) is 64.6 Å². The van der Waals surface area contributed by atoms with E-state index in [0.717, 1.165) is 31.5 Å². The van der Waals surface area contributed by atoms with E-state index in [4.69, 9.17) is 0 Å². The molecule has 1 aromatic rings. The van der Waals surface area contributed by atoms with E-state index >= 15 is 0 Å². The minimum atomic E-state index is -0.119. The molecule has 0 saturated carbocycles. The van der Waals surface area contributed by atoms with Crippen LogP contribution < -0.4 is 10.2 Å². The van der Waals surface area contributed by atoms with Crippen molar-refractivity contribution in [3.05, 3.63) is 29.6 Å². The largest absolute Gasteiger partial charge is 0.369 e. The van der Waals surface area contributed by atoms with Crippen LogP contribution in [0.15, 0.2) is 18.2 Å².